The molecular formula is C30H42. The van der Waals surface area contributed by atoms with E-state index in [4.69, 9.17) is 0 Å². The predicted molar refractivity (Wildman–Crippen MR) is 126 cm³/mol. The van der Waals surface area contributed by atoms with Crippen molar-refractivity contribution in [1.82, 2.24) is 0 Å². The third kappa shape index (κ3) is 1.39. The highest BCUT2D eigenvalue weighted by Gasteiger charge is 2.71. The molecule has 0 saturated heterocycles. The van der Waals surface area contributed by atoms with Crippen molar-refractivity contribution in [3.05, 3.63) is 33.4 Å². The summed E-state index contributed by atoms with van der Waals surface area (Å²) in [6, 6.07) is 0. The zero-order valence-corrected chi connectivity index (χ0v) is 21.0. The summed E-state index contributed by atoms with van der Waals surface area (Å²) in [5.74, 6) is 2.38. The normalized spacial score (nSPS) is 48.9. The quantitative estimate of drug-likeness (QED) is 0.410. The third-order valence-electron chi connectivity index (χ3n) is 14.0. The van der Waals surface area contributed by atoms with Gasteiger partial charge in [-0.25, -0.2) is 0 Å². The molecule has 0 nitrogen and oxygen atoms in total. The van der Waals surface area contributed by atoms with Crippen LogP contribution in [0.25, 0.3) is 0 Å². The minimum absolute atomic E-state index is 0.373. The Kier molecular flexibility index (Phi) is 2.81. The van der Waals surface area contributed by atoms with Gasteiger partial charge in [-0.2, -0.15) is 0 Å². The van der Waals surface area contributed by atoms with Crippen LogP contribution in [0.5, 0.6) is 0 Å². The fourth-order valence-electron chi connectivity index (χ4n) is 11.0. The van der Waals surface area contributed by atoms with E-state index in [0.29, 0.717) is 32.5 Å². The Morgan fingerprint density at radius 2 is 0.733 bits per heavy atom. The molecule has 30 heavy (non-hydrogen) atoms. The van der Waals surface area contributed by atoms with Gasteiger partial charge in [-0.05, 0) is 122 Å². The molecule has 7 rings (SSSR count). The first-order valence-corrected chi connectivity index (χ1v) is 13.0. The second-order valence-corrected chi connectivity index (χ2v) is 14.8. The molecule has 0 radical (unpaired) electrons. The molecule has 3 fully saturated rings. The van der Waals surface area contributed by atoms with E-state index in [1.807, 2.05) is 33.4 Å². The lowest BCUT2D eigenvalue weighted by Crippen LogP contribution is -2.37. The Morgan fingerprint density at radius 3 is 1.17 bits per heavy atom. The van der Waals surface area contributed by atoms with Crippen molar-refractivity contribution >= 4 is 0 Å². The minimum atomic E-state index is 0.373. The third-order valence-corrected chi connectivity index (χ3v) is 14.0. The molecule has 0 spiro atoms. The van der Waals surface area contributed by atoms with Crippen LogP contribution in [-0.4, -0.2) is 0 Å². The summed E-state index contributed by atoms with van der Waals surface area (Å²) in [5, 5.41) is 0. The van der Waals surface area contributed by atoms with E-state index in [9.17, 15) is 0 Å². The molecule has 0 aromatic heterocycles. The van der Waals surface area contributed by atoms with Gasteiger partial charge in [-0.1, -0.05) is 62.3 Å². The Bertz CT molecular complexity index is 1050. The highest BCUT2D eigenvalue weighted by atomic mass is 14.8. The van der Waals surface area contributed by atoms with Gasteiger partial charge in [0.25, 0.3) is 0 Å². The average Bonchev–Trinajstić information content (AvgIpc) is 3.28. The molecule has 0 unspecified atom stereocenters. The van der Waals surface area contributed by atoms with E-state index < -0.39 is 0 Å². The maximum atomic E-state index is 2.68. The van der Waals surface area contributed by atoms with E-state index in [2.05, 4.69) is 62.3 Å². The average molecular weight is 403 g/mol. The standard InChI is InChI=1S/C30H42/c1-25(2)16-10-13-28(25,7)22-19(16)20-17-11-14-29(8,26(17,3)4)23(20)24-21(22)18-12-15-30(24,9)27(18,5)6/h16-18H,10-15H2,1-9H3/t16-,17+,18+,28+,29-,30-/m1/s1. The van der Waals surface area contributed by atoms with Crippen molar-refractivity contribution in [2.45, 2.75) is 135 Å². The predicted octanol–water partition coefficient (Wildman–Crippen LogP) is 8.21. The zero-order valence-electron chi connectivity index (χ0n) is 21.0. The van der Waals surface area contributed by atoms with E-state index in [0.717, 1.165) is 17.8 Å². The summed E-state index contributed by atoms with van der Waals surface area (Å²) < 4.78 is 0. The van der Waals surface area contributed by atoms with E-state index >= 15 is 0 Å². The van der Waals surface area contributed by atoms with E-state index in [1.165, 1.54) is 38.5 Å². The number of fused-ring (bicyclic) bond motifs is 18. The van der Waals surface area contributed by atoms with Crippen molar-refractivity contribution < 1.29 is 0 Å². The van der Waals surface area contributed by atoms with Crippen LogP contribution in [0.15, 0.2) is 0 Å². The Hall–Kier alpha value is -0.780. The van der Waals surface area contributed by atoms with Gasteiger partial charge >= 0.3 is 0 Å². The van der Waals surface area contributed by atoms with Gasteiger partial charge < -0.3 is 0 Å². The molecule has 162 valence electrons. The first kappa shape index (κ1) is 18.8. The molecule has 3 saturated carbocycles. The number of hydrogen-bond donors (Lipinski definition) is 0. The largest absolute Gasteiger partial charge is 0.0585 e. The van der Waals surface area contributed by atoms with Crippen LogP contribution < -0.4 is 0 Å². The second-order valence-electron chi connectivity index (χ2n) is 14.8. The Labute approximate surface area is 184 Å². The highest BCUT2D eigenvalue weighted by Crippen LogP contribution is 2.81. The summed E-state index contributed by atoms with van der Waals surface area (Å²) in [4.78, 5) is 0. The highest BCUT2D eigenvalue weighted by molar-refractivity contribution is 5.73. The van der Waals surface area contributed by atoms with Gasteiger partial charge in [0.1, 0.15) is 0 Å². The summed E-state index contributed by atoms with van der Waals surface area (Å²) in [6.45, 7) is 23.8. The van der Waals surface area contributed by atoms with Gasteiger partial charge in [0, 0.05) is 0 Å². The van der Waals surface area contributed by atoms with Crippen molar-refractivity contribution in [1.29, 1.82) is 0 Å². The fourth-order valence-corrected chi connectivity index (χ4v) is 11.0. The van der Waals surface area contributed by atoms with Crippen LogP contribution in [0.2, 0.25) is 0 Å². The molecule has 1 aromatic carbocycles. The van der Waals surface area contributed by atoms with Gasteiger partial charge in [0.15, 0.2) is 0 Å². The molecule has 6 bridgehead atoms. The summed E-state index contributed by atoms with van der Waals surface area (Å²) in [5.41, 5.74) is 13.8. The molecule has 0 aliphatic heterocycles. The summed E-state index contributed by atoms with van der Waals surface area (Å²) in [6.07, 6.45) is 8.51. The van der Waals surface area contributed by atoms with Crippen molar-refractivity contribution in [2.24, 2.45) is 16.2 Å². The topological polar surface area (TPSA) is 0 Å². The lowest BCUT2D eigenvalue weighted by molar-refractivity contribution is 0.212. The van der Waals surface area contributed by atoms with E-state index in [-0.39, 0.29) is 0 Å². The molecular weight excluding hydrogens is 360 g/mol. The lowest BCUT2D eigenvalue weighted by Gasteiger charge is -2.43. The van der Waals surface area contributed by atoms with Crippen LogP contribution in [-0.2, 0) is 16.2 Å². The maximum Gasteiger partial charge on any atom is -0.00121 e. The first-order valence-electron chi connectivity index (χ1n) is 13.0. The minimum Gasteiger partial charge on any atom is -0.0585 e. The molecule has 0 heteroatoms. The fraction of sp³-hybridized carbons (Fsp3) is 0.800. The van der Waals surface area contributed by atoms with Gasteiger partial charge in [0.2, 0.25) is 0 Å². The Morgan fingerprint density at radius 1 is 0.433 bits per heavy atom. The van der Waals surface area contributed by atoms with Gasteiger partial charge in [-0.3, -0.25) is 0 Å². The van der Waals surface area contributed by atoms with Crippen LogP contribution >= 0.6 is 0 Å². The number of benzene rings is 1. The summed E-state index contributed by atoms with van der Waals surface area (Å²) >= 11 is 0. The molecule has 6 aliphatic rings. The monoisotopic (exact) mass is 402 g/mol. The van der Waals surface area contributed by atoms with Crippen LogP contribution in [0.3, 0.4) is 0 Å². The number of rotatable bonds is 0. The smallest absolute Gasteiger partial charge is 0.00121 e. The van der Waals surface area contributed by atoms with Crippen LogP contribution in [0.1, 0.15) is 152 Å². The van der Waals surface area contributed by atoms with Gasteiger partial charge in [0.05, 0.1) is 0 Å². The molecule has 1 aromatic rings. The molecule has 6 atom stereocenters. The SMILES string of the molecule is CC1(C)[C@@H]2CC[C@@]1(C)c1c2c2c(c3c1[C@@H]1CC[C@@]3(C)C1(C)C)[C@@]1(C)CC[C@@H]2C1(C)C. The zero-order chi connectivity index (χ0) is 21.4. The first-order chi connectivity index (χ1) is 13.8. The van der Waals surface area contributed by atoms with Crippen molar-refractivity contribution in [3.8, 4) is 0 Å². The number of hydrogen-bond acceptors (Lipinski definition) is 0. The molecule has 0 heterocycles. The van der Waals surface area contributed by atoms with E-state index in [1.54, 1.807) is 0 Å². The lowest BCUT2D eigenvalue weighted by atomic mass is 9.61. The second kappa shape index (κ2) is 4.49. The van der Waals surface area contributed by atoms with Crippen molar-refractivity contribution in [2.75, 3.05) is 0 Å². The summed E-state index contributed by atoms with van der Waals surface area (Å²) in [7, 11) is 0. The molecule has 0 amide bonds. The maximum absolute atomic E-state index is 2.68. The van der Waals surface area contributed by atoms with Crippen LogP contribution in [0, 0.1) is 16.2 Å². The van der Waals surface area contributed by atoms with Crippen LogP contribution in [0.4, 0.5) is 0 Å². The molecule has 0 N–H and O–H groups in total. The van der Waals surface area contributed by atoms with Gasteiger partial charge in [-0.15, -0.1) is 0 Å². The van der Waals surface area contributed by atoms with Crippen molar-refractivity contribution in [3.63, 3.8) is 0 Å². The Balaban J connectivity index is 1.70. The molecule has 6 aliphatic carbocycles.